The topological polar surface area (TPSA) is 66.0 Å². The minimum absolute atomic E-state index is 0.145. The van der Waals surface area contributed by atoms with Crippen LogP contribution in [0.4, 0.5) is 0 Å². The molecule has 1 aliphatic rings. The molecule has 108 valence electrons. The highest BCUT2D eigenvalue weighted by Gasteiger charge is 2.37. The van der Waals surface area contributed by atoms with E-state index >= 15 is 0 Å². The lowest BCUT2D eigenvalue weighted by Gasteiger charge is -2.28. The van der Waals surface area contributed by atoms with E-state index in [0.29, 0.717) is 25.0 Å². The molecule has 1 heterocycles. The zero-order valence-corrected chi connectivity index (χ0v) is 12.3. The third kappa shape index (κ3) is 3.54. The molecule has 1 saturated carbocycles. The molecule has 0 radical (unpaired) electrons. The number of nitrogens with zero attached hydrogens (tertiary/aromatic N) is 3. The average Bonchev–Trinajstić information content (AvgIpc) is 2.94. The van der Waals surface area contributed by atoms with E-state index in [1.54, 1.807) is 6.33 Å². The molecule has 1 aliphatic carbocycles. The van der Waals surface area contributed by atoms with E-state index in [1.807, 2.05) is 4.68 Å². The maximum absolute atomic E-state index is 6.13. The number of hydrogen-bond acceptors (Lipinski definition) is 4. The van der Waals surface area contributed by atoms with Gasteiger partial charge >= 0.3 is 0 Å². The van der Waals surface area contributed by atoms with Crippen molar-refractivity contribution in [2.75, 3.05) is 6.54 Å². The third-order valence-corrected chi connectivity index (χ3v) is 3.93. The highest BCUT2D eigenvalue weighted by Crippen LogP contribution is 2.36. The minimum Gasteiger partial charge on any atom is -0.366 e. The van der Waals surface area contributed by atoms with Crippen molar-refractivity contribution in [3.63, 3.8) is 0 Å². The van der Waals surface area contributed by atoms with Gasteiger partial charge in [0.1, 0.15) is 12.9 Å². The van der Waals surface area contributed by atoms with Crippen molar-refractivity contribution in [1.29, 1.82) is 0 Å². The first-order chi connectivity index (χ1) is 9.04. The Morgan fingerprint density at radius 2 is 2.37 bits per heavy atom. The fourth-order valence-corrected chi connectivity index (χ4v) is 2.84. The fourth-order valence-electron chi connectivity index (χ4n) is 2.84. The Balaban J connectivity index is 1.96. The summed E-state index contributed by atoms with van der Waals surface area (Å²) in [4.78, 5) is 4.30. The SMILES string of the molecule is CC(C)Cn1ncnc1COC1(CN)CCC(C)C1. The molecule has 2 N–H and O–H groups in total. The second kappa shape index (κ2) is 6.01. The van der Waals surface area contributed by atoms with Crippen molar-refractivity contribution >= 4 is 0 Å². The molecule has 1 aromatic heterocycles. The van der Waals surface area contributed by atoms with Crippen molar-refractivity contribution in [2.24, 2.45) is 17.6 Å². The van der Waals surface area contributed by atoms with E-state index in [2.05, 4.69) is 30.9 Å². The Labute approximate surface area is 115 Å². The first-order valence-electron chi connectivity index (χ1n) is 7.25. The lowest BCUT2D eigenvalue weighted by Crippen LogP contribution is -2.38. The van der Waals surface area contributed by atoms with Gasteiger partial charge in [0, 0.05) is 13.1 Å². The predicted octanol–water partition coefficient (Wildman–Crippen LogP) is 1.97. The summed E-state index contributed by atoms with van der Waals surface area (Å²) in [6, 6.07) is 0. The number of hydrogen-bond donors (Lipinski definition) is 1. The molecule has 1 fully saturated rings. The molecule has 0 saturated heterocycles. The smallest absolute Gasteiger partial charge is 0.152 e. The lowest BCUT2D eigenvalue weighted by atomic mass is 10.0. The van der Waals surface area contributed by atoms with E-state index in [4.69, 9.17) is 10.5 Å². The Morgan fingerprint density at radius 1 is 1.58 bits per heavy atom. The number of rotatable bonds is 6. The van der Waals surface area contributed by atoms with Gasteiger partial charge in [0.05, 0.1) is 5.60 Å². The molecule has 0 bridgehead atoms. The molecule has 5 heteroatoms. The molecule has 5 nitrogen and oxygen atoms in total. The quantitative estimate of drug-likeness (QED) is 0.855. The molecule has 0 aliphatic heterocycles. The van der Waals surface area contributed by atoms with E-state index < -0.39 is 0 Å². The third-order valence-electron chi connectivity index (χ3n) is 3.93. The van der Waals surface area contributed by atoms with Gasteiger partial charge in [-0.25, -0.2) is 9.67 Å². The van der Waals surface area contributed by atoms with Crippen molar-refractivity contribution < 1.29 is 4.74 Å². The zero-order chi connectivity index (χ0) is 13.9. The number of nitrogens with two attached hydrogens (primary N) is 1. The molecule has 2 rings (SSSR count). The molecule has 2 atom stereocenters. The van der Waals surface area contributed by atoms with Crippen LogP contribution >= 0.6 is 0 Å². The summed E-state index contributed by atoms with van der Waals surface area (Å²) in [5.41, 5.74) is 5.78. The molecular weight excluding hydrogens is 240 g/mol. The molecule has 2 unspecified atom stereocenters. The summed E-state index contributed by atoms with van der Waals surface area (Å²) in [5.74, 6) is 2.16. The number of ether oxygens (including phenoxy) is 1. The van der Waals surface area contributed by atoms with Gasteiger partial charge < -0.3 is 10.5 Å². The summed E-state index contributed by atoms with van der Waals surface area (Å²) in [6.07, 6.45) is 4.92. The van der Waals surface area contributed by atoms with Crippen LogP contribution in [-0.2, 0) is 17.9 Å². The Morgan fingerprint density at radius 3 is 2.95 bits per heavy atom. The van der Waals surface area contributed by atoms with Crippen LogP contribution in [0.25, 0.3) is 0 Å². The standard InChI is InChI=1S/C14H26N4O/c1-11(2)7-18-13(16-10-17-18)8-19-14(9-15)5-4-12(3)6-14/h10-12H,4-9,15H2,1-3H3. The first kappa shape index (κ1) is 14.5. The van der Waals surface area contributed by atoms with Gasteiger partial charge in [-0.1, -0.05) is 20.8 Å². The summed E-state index contributed by atoms with van der Waals surface area (Å²) >= 11 is 0. The van der Waals surface area contributed by atoms with Crippen LogP contribution in [0.5, 0.6) is 0 Å². The van der Waals surface area contributed by atoms with Crippen molar-refractivity contribution in [1.82, 2.24) is 14.8 Å². The Hall–Kier alpha value is -0.940. The monoisotopic (exact) mass is 266 g/mol. The maximum atomic E-state index is 6.13. The van der Waals surface area contributed by atoms with Gasteiger partial charge in [-0.05, 0) is 31.1 Å². The van der Waals surface area contributed by atoms with Crippen LogP contribution in [0.1, 0.15) is 45.9 Å². The molecule has 0 aromatic carbocycles. The van der Waals surface area contributed by atoms with Gasteiger partial charge in [0.15, 0.2) is 5.82 Å². The first-order valence-corrected chi connectivity index (χ1v) is 7.25. The fraction of sp³-hybridized carbons (Fsp3) is 0.857. The molecule has 1 aromatic rings. The lowest BCUT2D eigenvalue weighted by molar-refractivity contribution is -0.0511. The van der Waals surface area contributed by atoms with Crippen LogP contribution < -0.4 is 5.73 Å². The summed E-state index contributed by atoms with van der Waals surface area (Å²) in [6.45, 7) is 8.59. The average molecular weight is 266 g/mol. The minimum atomic E-state index is -0.145. The highest BCUT2D eigenvalue weighted by molar-refractivity contribution is 4.92. The number of aromatic nitrogens is 3. The molecule has 0 amide bonds. The Bertz CT molecular complexity index is 404. The van der Waals surface area contributed by atoms with Crippen LogP contribution in [-0.4, -0.2) is 26.9 Å². The predicted molar refractivity (Wildman–Crippen MR) is 74.4 cm³/mol. The summed E-state index contributed by atoms with van der Waals surface area (Å²) in [5, 5.41) is 4.26. The second-order valence-corrected chi connectivity index (χ2v) is 6.28. The molecule has 0 spiro atoms. The van der Waals surface area contributed by atoms with E-state index in [0.717, 1.165) is 25.2 Å². The maximum Gasteiger partial charge on any atom is 0.152 e. The van der Waals surface area contributed by atoms with Crippen LogP contribution in [0, 0.1) is 11.8 Å². The molecular formula is C14H26N4O. The second-order valence-electron chi connectivity index (χ2n) is 6.28. The van der Waals surface area contributed by atoms with Crippen LogP contribution in [0.3, 0.4) is 0 Å². The van der Waals surface area contributed by atoms with Crippen LogP contribution in [0.2, 0.25) is 0 Å². The van der Waals surface area contributed by atoms with Crippen molar-refractivity contribution in [3.8, 4) is 0 Å². The zero-order valence-electron chi connectivity index (χ0n) is 12.3. The van der Waals surface area contributed by atoms with Gasteiger partial charge in [-0.2, -0.15) is 5.10 Å². The van der Waals surface area contributed by atoms with E-state index in [-0.39, 0.29) is 5.60 Å². The highest BCUT2D eigenvalue weighted by atomic mass is 16.5. The summed E-state index contributed by atoms with van der Waals surface area (Å²) in [7, 11) is 0. The molecule has 19 heavy (non-hydrogen) atoms. The Kier molecular flexibility index (Phi) is 4.58. The van der Waals surface area contributed by atoms with Crippen molar-refractivity contribution in [2.45, 2.75) is 58.8 Å². The largest absolute Gasteiger partial charge is 0.366 e. The van der Waals surface area contributed by atoms with E-state index in [1.165, 1.54) is 6.42 Å². The van der Waals surface area contributed by atoms with Crippen molar-refractivity contribution in [3.05, 3.63) is 12.2 Å². The van der Waals surface area contributed by atoms with E-state index in [9.17, 15) is 0 Å². The normalized spacial score (nSPS) is 27.3. The van der Waals surface area contributed by atoms with Gasteiger partial charge in [0.25, 0.3) is 0 Å². The summed E-state index contributed by atoms with van der Waals surface area (Å²) < 4.78 is 8.07. The van der Waals surface area contributed by atoms with Gasteiger partial charge in [-0.15, -0.1) is 0 Å². The van der Waals surface area contributed by atoms with Crippen LogP contribution in [0.15, 0.2) is 6.33 Å². The van der Waals surface area contributed by atoms with Gasteiger partial charge in [0.2, 0.25) is 0 Å². The van der Waals surface area contributed by atoms with Gasteiger partial charge in [-0.3, -0.25) is 0 Å².